The van der Waals surface area contributed by atoms with Crippen LogP contribution in [0.25, 0.3) is 22.4 Å². The van der Waals surface area contributed by atoms with Crippen LogP contribution in [-0.2, 0) is 0 Å². The van der Waals surface area contributed by atoms with Crippen molar-refractivity contribution in [1.29, 1.82) is 0 Å². The first-order chi connectivity index (χ1) is 16.1. The Hall–Kier alpha value is -4.22. The van der Waals surface area contributed by atoms with Gasteiger partial charge in [0.25, 0.3) is 5.91 Å². The van der Waals surface area contributed by atoms with Gasteiger partial charge in [-0.15, -0.1) is 0 Å². The lowest BCUT2D eigenvalue weighted by Crippen LogP contribution is -2.12. The number of aromatic nitrogens is 2. The van der Waals surface area contributed by atoms with Gasteiger partial charge in [-0.2, -0.15) is 0 Å². The molecular formula is C27H18ClN3O2. The molecule has 1 amide bonds. The molecule has 0 aliphatic heterocycles. The van der Waals surface area contributed by atoms with Gasteiger partial charge < -0.3 is 10.3 Å². The normalized spacial score (nSPS) is 10.8. The predicted octanol–water partition coefficient (Wildman–Crippen LogP) is 6.37. The minimum absolute atomic E-state index is 0.0349. The number of carbonyl (C=O) groups is 2. The molecule has 2 N–H and O–H groups in total. The van der Waals surface area contributed by atoms with Crippen molar-refractivity contribution in [2.45, 2.75) is 0 Å². The van der Waals surface area contributed by atoms with Gasteiger partial charge in [0.15, 0.2) is 5.78 Å². The molecule has 0 bridgehead atoms. The molecule has 160 valence electrons. The second-order valence-electron chi connectivity index (χ2n) is 7.52. The van der Waals surface area contributed by atoms with Crippen molar-refractivity contribution >= 4 is 40.0 Å². The number of aromatic amines is 1. The van der Waals surface area contributed by atoms with Gasteiger partial charge in [-0.25, -0.2) is 4.98 Å². The maximum Gasteiger partial charge on any atom is 0.257 e. The molecule has 4 aromatic carbocycles. The van der Waals surface area contributed by atoms with Crippen molar-refractivity contribution in [2.24, 2.45) is 0 Å². The van der Waals surface area contributed by atoms with Crippen LogP contribution in [0.2, 0.25) is 5.02 Å². The average Bonchev–Trinajstić information content (AvgIpc) is 3.28. The van der Waals surface area contributed by atoms with Crippen LogP contribution in [0, 0.1) is 0 Å². The van der Waals surface area contributed by atoms with E-state index in [1.165, 1.54) is 0 Å². The molecule has 0 atom stereocenters. The van der Waals surface area contributed by atoms with Crippen molar-refractivity contribution in [3.05, 3.63) is 119 Å². The Labute approximate surface area is 195 Å². The van der Waals surface area contributed by atoms with Crippen LogP contribution in [-0.4, -0.2) is 21.7 Å². The lowest BCUT2D eigenvalue weighted by molar-refractivity contribution is 0.102. The van der Waals surface area contributed by atoms with Crippen molar-refractivity contribution in [3.8, 4) is 11.4 Å². The second-order valence-corrected chi connectivity index (χ2v) is 7.93. The number of hydrogen-bond donors (Lipinski definition) is 2. The van der Waals surface area contributed by atoms with Gasteiger partial charge >= 0.3 is 0 Å². The van der Waals surface area contributed by atoms with Gasteiger partial charge in [-0.3, -0.25) is 9.59 Å². The molecule has 0 radical (unpaired) electrons. The van der Waals surface area contributed by atoms with Crippen LogP contribution in [0.1, 0.15) is 26.3 Å². The first kappa shape index (κ1) is 20.7. The lowest BCUT2D eigenvalue weighted by Gasteiger charge is -2.07. The summed E-state index contributed by atoms with van der Waals surface area (Å²) in [7, 11) is 0. The number of fused-ring (bicyclic) bond motifs is 1. The molecule has 0 fully saturated rings. The van der Waals surface area contributed by atoms with Crippen LogP contribution >= 0.6 is 11.6 Å². The Morgan fingerprint density at radius 2 is 1.52 bits per heavy atom. The van der Waals surface area contributed by atoms with E-state index < -0.39 is 0 Å². The highest BCUT2D eigenvalue weighted by molar-refractivity contribution is 6.34. The number of anilines is 1. The third-order valence-electron chi connectivity index (χ3n) is 5.31. The molecule has 6 heteroatoms. The molecule has 0 aliphatic rings. The number of hydrogen-bond acceptors (Lipinski definition) is 3. The monoisotopic (exact) mass is 451 g/mol. The standard InChI is InChI=1S/C27H18ClN3O2/c28-22-9-5-4-8-21(22)27(33)29-20-13-10-18(11-14-20)26-30-23-15-12-19(16-24(23)31-26)25(32)17-6-2-1-3-7-17/h1-16H,(H,29,33)(H,30,31). The number of ketones is 1. The molecule has 1 heterocycles. The summed E-state index contributed by atoms with van der Waals surface area (Å²) in [5.41, 5.74) is 4.72. The fourth-order valence-corrected chi connectivity index (χ4v) is 3.82. The number of H-pyrrole nitrogens is 1. The number of benzene rings is 4. The topological polar surface area (TPSA) is 74.8 Å². The van der Waals surface area contributed by atoms with Gasteiger partial charge in [0, 0.05) is 22.4 Å². The van der Waals surface area contributed by atoms with Crippen LogP contribution in [0.4, 0.5) is 5.69 Å². The van der Waals surface area contributed by atoms with E-state index in [1.807, 2.05) is 54.6 Å². The zero-order valence-corrected chi connectivity index (χ0v) is 18.1. The molecule has 0 unspecified atom stereocenters. The predicted molar refractivity (Wildman–Crippen MR) is 131 cm³/mol. The lowest BCUT2D eigenvalue weighted by atomic mass is 10.0. The molecule has 5 aromatic rings. The fourth-order valence-electron chi connectivity index (χ4n) is 3.60. The second kappa shape index (κ2) is 8.73. The summed E-state index contributed by atoms with van der Waals surface area (Å²) in [6.45, 7) is 0. The number of nitrogens with zero attached hydrogens (tertiary/aromatic N) is 1. The quantitative estimate of drug-likeness (QED) is 0.305. The summed E-state index contributed by atoms with van der Waals surface area (Å²) in [5.74, 6) is 0.373. The fraction of sp³-hybridized carbons (Fsp3) is 0. The van der Waals surface area contributed by atoms with E-state index in [9.17, 15) is 9.59 Å². The Morgan fingerprint density at radius 3 is 2.27 bits per heavy atom. The van der Waals surface area contributed by atoms with Crippen LogP contribution in [0.3, 0.4) is 0 Å². The number of halogens is 1. The summed E-state index contributed by atoms with van der Waals surface area (Å²) in [6.07, 6.45) is 0. The average molecular weight is 452 g/mol. The SMILES string of the molecule is O=C(c1ccccc1)c1ccc2nc(-c3ccc(NC(=O)c4ccccc4Cl)cc3)[nH]c2c1. The minimum atomic E-state index is -0.271. The Balaban J connectivity index is 1.36. The Bertz CT molecular complexity index is 1470. The first-order valence-electron chi connectivity index (χ1n) is 10.3. The van der Waals surface area contributed by atoms with Gasteiger partial charge in [-0.1, -0.05) is 54.1 Å². The van der Waals surface area contributed by atoms with E-state index in [2.05, 4.69) is 15.3 Å². The first-order valence-corrected chi connectivity index (χ1v) is 10.7. The number of carbonyl (C=O) groups excluding carboxylic acids is 2. The van der Waals surface area contributed by atoms with E-state index in [4.69, 9.17) is 11.6 Å². The van der Waals surface area contributed by atoms with Gasteiger partial charge in [0.2, 0.25) is 0 Å². The molecule has 0 saturated heterocycles. The van der Waals surface area contributed by atoms with Gasteiger partial charge in [-0.05, 0) is 54.6 Å². The van der Waals surface area contributed by atoms with E-state index in [-0.39, 0.29) is 11.7 Å². The molecular weight excluding hydrogens is 434 g/mol. The number of amides is 1. The highest BCUT2D eigenvalue weighted by Gasteiger charge is 2.13. The number of nitrogens with one attached hydrogen (secondary N) is 2. The van der Waals surface area contributed by atoms with Crippen molar-refractivity contribution < 1.29 is 9.59 Å². The molecule has 0 aliphatic carbocycles. The van der Waals surface area contributed by atoms with E-state index in [0.717, 1.165) is 16.6 Å². The van der Waals surface area contributed by atoms with Crippen LogP contribution < -0.4 is 5.32 Å². The Morgan fingerprint density at radius 1 is 0.788 bits per heavy atom. The summed E-state index contributed by atoms with van der Waals surface area (Å²) >= 11 is 6.10. The van der Waals surface area contributed by atoms with Crippen LogP contribution in [0.15, 0.2) is 97.1 Å². The third-order valence-corrected chi connectivity index (χ3v) is 5.64. The van der Waals surface area contributed by atoms with Crippen molar-refractivity contribution in [3.63, 3.8) is 0 Å². The third kappa shape index (κ3) is 4.27. The minimum Gasteiger partial charge on any atom is -0.338 e. The number of imidazole rings is 1. The zero-order valence-electron chi connectivity index (χ0n) is 17.4. The Kier molecular flexibility index (Phi) is 5.47. The molecule has 5 nitrogen and oxygen atoms in total. The molecule has 5 rings (SSSR count). The smallest absolute Gasteiger partial charge is 0.257 e. The van der Waals surface area contributed by atoms with Crippen LogP contribution in [0.5, 0.6) is 0 Å². The van der Waals surface area contributed by atoms with E-state index in [0.29, 0.717) is 33.2 Å². The van der Waals surface area contributed by atoms with Gasteiger partial charge in [0.1, 0.15) is 5.82 Å². The molecule has 33 heavy (non-hydrogen) atoms. The van der Waals surface area contributed by atoms with E-state index >= 15 is 0 Å². The number of rotatable bonds is 5. The maximum absolute atomic E-state index is 12.7. The largest absolute Gasteiger partial charge is 0.338 e. The van der Waals surface area contributed by atoms with Crippen molar-refractivity contribution in [2.75, 3.05) is 5.32 Å². The zero-order chi connectivity index (χ0) is 22.8. The summed E-state index contributed by atoms with van der Waals surface area (Å²) < 4.78 is 0. The molecule has 1 aromatic heterocycles. The maximum atomic E-state index is 12.7. The highest BCUT2D eigenvalue weighted by atomic mass is 35.5. The highest BCUT2D eigenvalue weighted by Crippen LogP contribution is 2.24. The summed E-state index contributed by atoms with van der Waals surface area (Å²) in [6, 6.07) is 28.9. The summed E-state index contributed by atoms with van der Waals surface area (Å²) in [4.78, 5) is 33.1. The molecule has 0 spiro atoms. The summed E-state index contributed by atoms with van der Waals surface area (Å²) in [5, 5.41) is 3.25. The van der Waals surface area contributed by atoms with Crippen molar-refractivity contribution in [1.82, 2.24) is 9.97 Å². The van der Waals surface area contributed by atoms with E-state index in [1.54, 1.807) is 42.5 Å². The van der Waals surface area contributed by atoms with Gasteiger partial charge in [0.05, 0.1) is 21.6 Å². The molecule has 0 saturated carbocycles.